The maximum Gasteiger partial charge on any atom is 0.237 e. The van der Waals surface area contributed by atoms with Gasteiger partial charge in [0.2, 0.25) is 11.8 Å². The van der Waals surface area contributed by atoms with E-state index in [4.69, 9.17) is 0 Å². The Morgan fingerprint density at radius 3 is 2.41 bits per heavy atom. The maximum absolute atomic E-state index is 12.7. The van der Waals surface area contributed by atoms with Crippen molar-refractivity contribution < 1.29 is 9.59 Å². The lowest BCUT2D eigenvalue weighted by atomic mass is 9.89. The summed E-state index contributed by atoms with van der Waals surface area (Å²) in [7, 11) is 1.77. The van der Waals surface area contributed by atoms with Gasteiger partial charge in [0.1, 0.15) is 5.41 Å². The van der Waals surface area contributed by atoms with Crippen molar-refractivity contribution in [3.05, 3.63) is 30.1 Å². The van der Waals surface area contributed by atoms with E-state index < -0.39 is 5.41 Å². The number of carbonyl (C=O) groups excluding carboxylic acids is 2. The lowest BCUT2D eigenvalue weighted by molar-refractivity contribution is -0.152. The summed E-state index contributed by atoms with van der Waals surface area (Å²) in [5.41, 5.74) is 0.149. The van der Waals surface area contributed by atoms with Crippen molar-refractivity contribution in [3.8, 4) is 0 Å². The topological polar surface area (TPSA) is 53.5 Å². The molecule has 0 unspecified atom stereocenters. The number of amides is 2. The fourth-order valence-corrected chi connectivity index (χ4v) is 2.83. The Balaban J connectivity index is 1.94. The lowest BCUT2D eigenvalue weighted by Gasteiger charge is -2.31. The summed E-state index contributed by atoms with van der Waals surface area (Å²) in [5.74, 6) is -0.163. The summed E-state index contributed by atoms with van der Waals surface area (Å²) in [5, 5.41) is 0. The van der Waals surface area contributed by atoms with Crippen molar-refractivity contribution in [1.29, 1.82) is 0 Å². The monoisotopic (exact) mass is 303 g/mol. The Kier molecular flexibility index (Phi) is 5.16. The molecule has 5 nitrogen and oxygen atoms in total. The molecule has 0 aliphatic carbocycles. The Hall–Kier alpha value is -1.91. The van der Waals surface area contributed by atoms with Crippen LogP contribution >= 0.6 is 0 Å². The molecule has 2 amide bonds. The van der Waals surface area contributed by atoms with E-state index in [1.54, 1.807) is 38.2 Å². The van der Waals surface area contributed by atoms with Crippen molar-refractivity contribution >= 4 is 11.8 Å². The molecule has 0 radical (unpaired) electrons. The number of carbonyl (C=O) groups is 2. The molecule has 0 atom stereocenters. The van der Waals surface area contributed by atoms with Gasteiger partial charge in [-0.15, -0.1) is 0 Å². The summed E-state index contributed by atoms with van der Waals surface area (Å²) in [6.07, 6.45) is 6.33. The predicted molar refractivity (Wildman–Crippen MR) is 85.2 cm³/mol. The van der Waals surface area contributed by atoms with Gasteiger partial charge in [0.05, 0.1) is 0 Å². The average molecular weight is 303 g/mol. The van der Waals surface area contributed by atoms with Crippen molar-refractivity contribution in [3.63, 3.8) is 0 Å². The van der Waals surface area contributed by atoms with E-state index in [0.717, 1.165) is 37.9 Å². The molecule has 0 bridgehead atoms. The van der Waals surface area contributed by atoms with E-state index in [0.29, 0.717) is 6.54 Å². The zero-order valence-corrected chi connectivity index (χ0v) is 13.7. The highest BCUT2D eigenvalue weighted by molar-refractivity contribution is 6.04. The molecule has 22 heavy (non-hydrogen) atoms. The Morgan fingerprint density at radius 1 is 1.23 bits per heavy atom. The first-order valence-corrected chi connectivity index (χ1v) is 7.87. The Bertz CT molecular complexity index is 522. The fraction of sp³-hybridized carbons (Fsp3) is 0.588. The predicted octanol–water partition coefficient (Wildman–Crippen LogP) is 1.73. The lowest BCUT2D eigenvalue weighted by Crippen LogP contribution is -2.49. The van der Waals surface area contributed by atoms with Crippen molar-refractivity contribution in [1.82, 2.24) is 14.8 Å². The highest BCUT2D eigenvalue weighted by Crippen LogP contribution is 2.24. The van der Waals surface area contributed by atoms with Crippen LogP contribution in [-0.4, -0.2) is 53.3 Å². The molecule has 1 aromatic rings. The van der Waals surface area contributed by atoms with E-state index >= 15 is 0 Å². The molecule has 0 saturated carbocycles. The second-order valence-electron chi connectivity index (χ2n) is 6.46. The van der Waals surface area contributed by atoms with Gasteiger partial charge in [-0.05, 0) is 50.8 Å². The molecule has 0 aromatic carbocycles. The van der Waals surface area contributed by atoms with Crippen molar-refractivity contribution in [2.45, 2.75) is 33.1 Å². The number of nitrogens with zero attached hydrogens (tertiary/aromatic N) is 3. The van der Waals surface area contributed by atoms with Crippen molar-refractivity contribution in [2.24, 2.45) is 5.41 Å². The summed E-state index contributed by atoms with van der Waals surface area (Å²) in [6, 6.07) is 3.89. The van der Waals surface area contributed by atoms with Crippen LogP contribution in [-0.2, 0) is 16.0 Å². The van der Waals surface area contributed by atoms with E-state index in [9.17, 15) is 9.59 Å². The molecular weight excluding hydrogens is 278 g/mol. The third-order valence-corrected chi connectivity index (χ3v) is 4.29. The van der Waals surface area contributed by atoms with Gasteiger partial charge in [-0.2, -0.15) is 0 Å². The number of aromatic nitrogens is 1. The second-order valence-corrected chi connectivity index (χ2v) is 6.46. The second kappa shape index (κ2) is 6.90. The van der Waals surface area contributed by atoms with E-state index in [-0.39, 0.29) is 11.8 Å². The van der Waals surface area contributed by atoms with Gasteiger partial charge in [-0.1, -0.05) is 0 Å². The smallest absolute Gasteiger partial charge is 0.237 e. The molecule has 120 valence electrons. The number of likely N-dealkylation sites (tertiary alicyclic amines) is 1. The van der Waals surface area contributed by atoms with Crippen LogP contribution < -0.4 is 0 Å². The highest BCUT2D eigenvalue weighted by atomic mass is 16.2. The van der Waals surface area contributed by atoms with Crippen LogP contribution in [0.25, 0.3) is 0 Å². The summed E-state index contributed by atoms with van der Waals surface area (Å²) in [4.78, 5) is 32.7. The molecule has 1 aliphatic heterocycles. The van der Waals surface area contributed by atoms with E-state index in [1.807, 2.05) is 17.0 Å². The summed E-state index contributed by atoms with van der Waals surface area (Å²) < 4.78 is 0. The molecule has 1 fully saturated rings. The van der Waals surface area contributed by atoms with Gasteiger partial charge in [0.25, 0.3) is 0 Å². The van der Waals surface area contributed by atoms with Crippen LogP contribution in [0.4, 0.5) is 0 Å². The Labute approximate surface area is 132 Å². The van der Waals surface area contributed by atoms with E-state index in [1.165, 1.54) is 0 Å². The zero-order valence-electron chi connectivity index (χ0n) is 13.7. The largest absolute Gasteiger partial charge is 0.345 e. The minimum Gasteiger partial charge on any atom is -0.345 e. The van der Waals surface area contributed by atoms with Crippen LogP contribution in [0.3, 0.4) is 0 Å². The number of likely N-dealkylation sites (N-methyl/N-ethyl adjacent to an activating group) is 1. The molecule has 5 heteroatoms. The summed E-state index contributed by atoms with van der Waals surface area (Å²) in [6.45, 7) is 5.62. The fourth-order valence-electron chi connectivity index (χ4n) is 2.83. The highest BCUT2D eigenvalue weighted by Gasteiger charge is 2.41. The summed E-state index contributed by atoms with van der Waals surface area (Å²) >= 11 is 0. The maximum atomic E-state index is 12.7. The first kappa shape index (κ1) is 16.5. The zero-order chi connectivity index (χ0) is 16.2. The number of pyridine rings is 1. The third kappa shape index (κ3) is 3.64. The molecule has 2 heterocycles. The van der Waals surface area contributed by atoms with Crippen LogP contribution in [0, 0.1) is 5.41 Å². The number of hydrogen-bond acceptors (Lipinski definition) is 3. The molecule has 1 saturated heterocycles. The minimum atomic E-state index is -0.989. The third-order valence-electron chi connectivity index (χ3n) is 4.29. The average Bonchev–Trinajstić information content (AvgIpc) is 3.06. The molecule has 0 spiro atoms. The van der Waals surface area contributed by atoms with Crippen LogP contribution in [0.2, 0.25) is 0 Å². The molecule has 1 aromatic heterocycles. The van der Waals surface area contributed by atoms with Crippen molar-refractivity contribution in [2.75, 3.05) is 26.7 Å². The van der Waals surface area contributed by atoms with Crippen LogP contribution in [0.1, 0.15) is 32.3 Å². The van der Waals surface area contributed by atoms with Gasteiger partial charge in [0, 0.05) is 39.1 Å². The molecule has 2 rings (SSSR count). The van der Waals surface area contributed by atoms with Gasteiger partial charge in [0.15, 0.2) is 0 Å². The minimum absolute atomic E-state index is 0.0502. The van der Waals surface area contributed by atoms with Gasteiger partial charge >= 0.3 is 0 Å². The SMILES string of the molecule is CN(CCc1ccncc1)C(=O)C(C)(C)C(=O)N1CCCC1. The normalized spacial score (nSPS) is 15.0. The first-order chi connectivity index (χ1) is 10.4. The quantitative estimate of drug-likeness (QED) is 0.779. The number of rotatable bonds is 5. The van der Waals surface area contributed by atoms with E-state index in [2.05, 4.69) is 4.98 Å². The molecule has 1 aliphatic rings. The number of hydrogen-bond donors (Lipinski definition) is 0. The standard InChI is InChI=1S/C17H25N3O2/c1-17(2,16(22)20-11-4-5-12-20)15(21)19(3)13-8-14-6-9-18-10-7-14/h6-7,9-10H,4-5,8,11-13H2,1-3H3. The van der Waals surface area contributed by atoms with Gasteiger partial charge in [-0.3, -0.25) is 14.6 Å². The van der Waals surface area contributed by atoms with Gasteiger partial charge < -0.3 is 9.80 Å². The van der Waals surface area contributed by atoms with Gasteiger partial charge in [-0.25, -0.2) is 0 Å². The Morgan fingerprint density at radius 2 is 1.82 bits per heavy atom. The van der Waals surface area contributed by atoms with Crippen LogP contribution in [0.5, 0.6) is 0 Å². The first-order valence-electron chi connectivity index (χ1n) is 7.87. The van der Waals surface area contributed by atoms with Crippen LogP contribution in [0.15, 0.2) is 24.5 Å². The molecule has 0 N–H and O–H groups in total. The molecular formula is C17H25N3O2.